The molecule has 1 saturated carbocycles. The van der Waals surface area contributed by atoms with E-state index in [9.17, 15) is 8.42 Å². The van der Waals surface area contributed by atoms with Gasteiger partial charge in [-0.1, -0.05) is 18.0 Å². The molecule has 25 heavy (non-hydrogen) atoms. The third-order valence-corrected chi connectivity index (χ3v) is 6.35. The molecule has 2 N–H and O–H groups in total. The maximum absolute atomic E-state index is 12.0. The molecule has 0 spiro atoms. The molecule has 1 aromatic carbocycles. The second kappa shape index (κ2) is 5.81. The van der Waals surface area contributed by atoms with Gasteiger partial charge in [0.1, 0.15) is 0 Å². The number of fused-ring (bicyclic) bond motifs is 1. The molecular formula is C17H22N4O3S. The van der Waals surface area contributed by atoms with Gasteiger partial charge in [-0.15, -0.1) is 0 Å². The molecule has 2 aromatic rings. The fourth-order valence-corrected chi connectivity index (χ4v) is 4.81. The molecule has 0 bridgehead atoms. The smallest absolute Gasteiger partial charge is 0.258 e. The summed E-state index contributed by atoms with van der Waals surface area (Å²) in [7, 11) is -3.27. The molecule has 1 aromatic heterocycles. The summed E-state index contributed by atoms with van der Waals surface area (Å²) < 4.78 is 30.8. The van der Waals surface area contributed by atoms with Gasteiger partial charge in [-0.2, -0.15) is 4.98 Å². The average molecular weight is 362 g/mol. The van der Waals surface area contributed by atoms with Crippen LogP contribution < -0.4 is 10.0 Å². The zero-order chi connectivity index (χ0) is 17.7. The van der Waals surface area contributed by atoms with Crippen LogP contribution in [0.4, 0.5) is 5.69 Å². The minimum Gasteiger partial charge on any atom is -0.334 e. The van der Waals surface area contributed by atoms with Crippen LogP contribution in [0.1, 0.15) is 43.5 Å². The number of hydrogen-bond donors (Lipinski definition) is 1. The minimum absolute atomic E-state index is 0.436. The largest absolute Gasteiger partial charge is 0.334 e. The first-order valence-electron chi connectivity index (χ1n) is 8.61. The number of benzene rings is 1. The molecule has 0 amide bonds. The van der Waals surface area contributed by atoms with E-state index < -0.39 is 15.6 Å². The van der Waals surface area contributed by atoms with Crippen molar-refractivity contribution >= 4 is 15.7 Å². The first-order valence-corrected chi connectivity index (χ1v) is 10.5. The van der Waals surface area contributed by atoms with Gasteiger partial charge in [0.05, 0.1) is 17.5 Å². The molecule has 0 unspecified atom stereocenters. The average Bonchev–Trinajstić information content (AvgIpc) is 3.23. The molecule has 4 rings (SSSR count). The van der Waals surface area contributed by atoms with Crippen molar-refractivity contribution in [3.63, 3.8) is 0 Å². The number of aryl methyl sites for hydroxylation is 1. The zero-order valence-corrected chi connectivity index (χ0v) is 15.1. The molecule has 1 fully saturated rings. The predicted octanol–water partition coefficient (Wildman–Crippen LogP) is 2.18. The molecule has 0 saturated heterocycles. The highest BCUT2D eigenvalue weighted by Crippen LogP contribution is 2.36. The van der Waals surface area contributed by atoms with E-state index >= 15 is 0 Å². The molecule has 0 atom stereocenters. The summed E-state index contributed by atoms with van der Waals surface area (Å²) in [5, 5.41) is 4.10. The fourth-order valence-electron chi connectivity index (χ4n) is 3.81. The van der Waals surface area contributed by atoms with E-state index in [1.807, 2.05) is 18.2 Å². The highest BCUT2D eigenvalue weighted by Gasteiger charge is 2.36. The lowest BCUT2D eigenvalue weighted by Gasteiger charge is -2.29. The maximum atomic E-state index is 12.0. The van der Waals surface area contributed by atoms with Crippen molar-refractivity contribution in [2.75, 3.05) is 17.1 Å². The Balaban J connectivity index is 1.68. The first kappa shape index (κ1) is 16.5. The van der Waals surface area contributed by atoms with E-state index in [0.717, 1.165) is 55.3 Å². The van der Waals surface area contributed by atoms with Crippen LogP contribution in [-0.2, 0) is 22.0 Å². The van der Waals surface area contributed by atoms with Crippen molar-refractivity contribution in [3.8, 4) is 11.5 Å². The van der Waals surface area contributed by atoms with Crippen LogP contribution in [0.3, 0.4) is 0 Å². The van der Waals surface area contributed by atoms with E-state index in [4.69, 9.17) is 10.3 Å². The van der Waals surface area contributed by atoms with E-state index in [-0.39, 0.29) is 0 Å². The van der Waals surface area contributed by atoms with Gasteiger partial charge in [0.2, 0.25) is 10.0 Å². The van der Waals surface area contributed by atoms with Crippen molar-refractivity contribution in [1.29, 1.82) is 0 Å². The summed E-state index contributed by atoms with van der Waals surface area (Å²) in [4.78, 5) is 4.52. The number of aromatic nitrogens is 2. The molecule has 2 heterocycles. The van der Waals surface area contributed by atoms with Gasteiger partial charge in [0.15, 0.2) is 5.82 Å². The minimum atomic E-state index is -3.27. The van der Waals surface area contributed by atoms with Gasteiger partial charge >= 0.3 is 0 Å². The van der Waals surface area contributed by atoms with Crippen LogP contribution >= 0.6 is 0 Å². The van der Waals surface area contributed by atoms with Gasteiger partial charge in [-0.3, -0.25) is 4.31 Å². The van der Waals surface area contributed by atoms with Crippen molar-refractivity contribution in [2.24, 2.45) is 5.73 Å². The number of nitrogens with two attached hydrogens (primary N) is 1. The van der Waals surface area contributed by atoms with Crippen LogP contribution in [-0.4, -0.2) is 31.4 Å². The standard InChI is InChI=1S/C17H22N4O3S/c1-25(22,23)21-10-4-5-12-11-13(6-7-14(12)21)15-19-16(20-24-15)17(18)8-2-3-9-17/h6-7,11H,2-5,8-10,18H2,1H3. The summed E-state index contributed by atoms with van der Waals surface area (Å²) >= 11 is 0. The summed E-state index contributed by atoms with van der Waals surface area (Å²) in [6, 6.07) is 5.60. The second-order valence-corrected chi connectivity index (χ2v) is 8.98. The molecule has 2 aliphatic rings. The van der Waals surface area contributed by atoms with Crippen molar-refractivity contribution < 1.29 is 12.9 Å². The lowest BCUT2D eigenvalue weighted by atomic mass is 9.98. The summed E-state index contributed by atoms with van der Waals surface area (Å²) in [5.74, 6) is 1.00. The van der Waals surface area contributed by atoms with Crippen LogP contribution in [0.2, 0.25) is 0 Å². The Morgan fingerprint density at radius 2 is 2.00 bits per heavy atom. The Hall–Kier alpha value is -1.93. The van der Waals surface area contributed by atoms with Crippen LogP contribution in [0.15, 0.2) is 22.7 Å². The van der Waals surface area contributed by atoms with E-state index in [1.54, 1.807) is 0 Å². The molecule has 1 aliphatic carbocycles. The van der Waals surface area contributed by atoms with E-state index in [1.165, 1.54) is 10.6 Å². The molecular weight excluding hydrogens is 340 g/mol. The molecule has 134 valence electrons. The Morgan fingerprint density at radius 1 is 1.24 bits per heavy atom. The van der Waals surface area contributed by atoms with Gasteiger partial charge in [-0.05, 0) is 49.4 Å². The molecule has 7 nitrogen and oxygen atoms in total. The van der Waals surface area contributed by atoms with Gasteiger partial charge in [0, 0.05) is 12.1 Å². The summed E-state index contributed by atoms with van der Waals surface area (Å²) in [6.45, 7) is 0.519. The quantitative estimate of drug-likeness (QED) is 0.898. The van der Waals surface area contributed by atoms with Crippen LogP contribution in [0.25, 0.3) is 11.5 Å². The highest BCUT2D eigenvalue weighted by atomic mass is 32.2. The normalized spacial score (nSPS) is 19.8. The first-order chi connectivity index (χ1) is 11.9. The highest BCUT2D eigenvalue weighted by molar-refractivity contribution is 7.92. The van der Waals surface area contributed by atoms with Crippen molar-refractivity contribution in [2.45, 2.75) is 44.1 Å². The molecule has 8 heteroatoms. The fraction of sp³-hybridized carbons (Fsp3) is 0.529. The lowest BCUT2D eigenvalue weighted by Crippen LogP contribution is -2.34. The lowest BCUT2D eigenvalue weighted by molar-refractivity contribution is 0.372. The summed E-state index contributed by atoms with van der Waals surface area (Å²) in [5.41, 5.74) is 8.43. The molecule has 1 aliphatic heterocycles. The monoisotopic (exact) mass is 362 g/mol. The van der Waals surface area contributed by atoms with E-state index in [0.29, 0.717) is 18.3 Å². The Kier molecular flexibility index (Phi) is 3.84. The van der Waals surface area contributed by atoms with Gasteiger partial charge in [0.25, 0.3) is 5.89 Å². The Bertz CT molecular complexity index is 900. The van der Waals surface area contributed by atoms with E-state index in [2.05, 4.69) is 10.1 Å². The van der Waals surface area contributed by atoms with Crippen LogP contribution in [0.5, 0.6) is 0 Å². The Morgan fingerprint density at radius 3 is 2.72 bits per heavy atom. The zero-order valence-electron chi connectivity index (χ0n) is 14.2. The number of nitrogens with zero attached hydrogens (tertiary/aromatic N) is 3. The predicted molar refractivity (Wildman–Crippen MR) is 94.6 cm³/mol. The second-order valence-electron chi connectivity index (χ2n) is 7.07. The molecule has 0 radical (unpaired) electrons. The third-order valence-electron chi connectivity index (χ3n) is 5.17. The van der Waals surface area contributed by atoms with Crippen molar-refractivity contribution in [1.82, 2.24) is 10.1 Å². The Labute approximate surface area is 147 Å². The van der Waals surface area contributed by atoms with Gasteiger partial charge in [-0.25, -0.2) is 8.42 Å². The van der Waals surface area contributed by atoms with Gasteiger partial charge < -0.3 is 10.3 Å². The SMILES string of the molecule is CS(=O)(=O)N1CCCc2cc(-c3nc(C4(N)CCCC4)no3)ccc21. The number of hydrogen-bond acceptors (Lipinski definition) is 6. The van der Waals surface area contributed by atoms with Crippen molar-refractivity contribution in [3.05, 3.63) is 29.6 Å². The maximum Gasteiger partial charge on any atom is 0.258 e. The topological polar surface area (TPSA) is 102 Å². The number of sulfonamides is 1. The summed E-state index contributed by atoms with van der Waals surface area (Å²) in [6.07, 6.45) is 6.78. The third kappa shape index (κ3) is 2.93. The number of anilines is 1. The van der Waals surface area contributed by atoms with Crippen LogP contribution in [0, 0.1) is 0 Å². The number of rotatable bonds is 3.